The number of hydrogen-bond donors (Lipinski definition) is 1. The zero-order valence-electron chi connectivity index (χ0n) is 28.5. The maximum Gasteiger partial charge on any atom is 0.407 e. The van der Waals surface area contributed by atoms with E-state index >= 15 is 0 Å². The van der Waals surface area contributed by atoms with Crippen molar-refractivity contribution in [2.45, 2.75) is 83.6 Å². The first-order valence-electron chi connectivity index (χ1n) is 16.9. The number of thioether (sulfide) groups is 1. The fourth-order valence-corrected chi connectivity index (χ4v) is 9.49. The van der Waals surface area contributed by atoms with Crippen LogP contribution in [0, 0.1) is 17.8 Å². The van der Waals surface area contributed by atoms with Crippen molar-refractivity contribution in [2.75, 3.05) is 6.61 Å². The molecule has 1 aliphatic heterocycles. The van der Waals surface area contributed by atoms with E-state index in [1.807, 2.05) is 79.8 Å². The first kappa shape index (κ1) is 35.1. The molecule has 1 heterocycles. The third-order valence-electron chi connectivity index (χ3n) is 8.75. The first-order chi connectivity index (χ1) is 22.5. The Balaban J connectivity index is 1.29. The van der Waals surface area contributed by atoms with Crippen LogP contribution in [0.25, 0.3) is 11.1 Å². The molecule has 6 nitrogen and oxygen atoms in total. The number of fused-ring (bicyclic) bond motifs is 3. The first-order valence-corrected chi connectivity index (χ1v) is 20.7. The summed E-state index contributed by atoms with van der Waals surface area (Å²) < 4.78 is 19.3. The average Bonchev–Trinajstić information content (AvgIpc) is 3.26. The Hall–Kier alpha value is -3.17. The third-order valence-corrected chi connectivity index (χ3v) is 11.5. The van der Waals surface area contributed by atoms with E-state index in [0.29, 0.717) is 24.0 Å². The Morgan fingerprint density at radius 3 is 1.96 bits per heavy atom. The van der Waals surface area contributed by atoms with Crippen LogP contribution in [0.5, 0.6) is 0 Å². The number of hydrogen-bond acceptors (Lipinski definition) is 6. The molecular weight excluding hydrogens is 623 g/mol. The van der Waals surface area contributed by atoms with Crippen LogP contribution in [-0.4, -0.2) is 44.6 Å². The van der Waals surface area contributed by atoms with E-state index in [-0.39, 0.29) is 29.6 Å². The van der Waals surface area contributed by atoms with Gasteiger partial charge in [0.05, 0.1) is 24.2 Å². The number of ether oxygens (including phenoxy) is 1. The second-order valence-electron chi connectivity index (χ2n) is 14.0. The smallest absolute Gasteiger partial charge is 0.407 e. The molecule has 8 heteroatoms. The van der Waals surface area contributed by atoms with Crippen LogP contribution in [0.4, 0.5) is 4.79 Å². The minimum atomic E-state index is -2.71. The molecule has 250 valence electrons. The van der Waals surface area contributed by atoms with Gasteiger partial charge in [0.25, 0.3) is 0 Å². The molecule has 5 rings (SSSR count). The number of nitrogens with one attached hydrogen (secondary N) is 1. The number of rotatable bonds is 12. The molecule has 47 heavy (non-hydrogen) atoms. The summed E-state index contributed by atoms with van der Waals surface area (Å²) in [6.45, 7) is 12.8. The van der Waals surface area contributed by atoms with Crippen LogP contribution in [-0.2, 0) is 24.1 Å². The summed E-state index contributed by atoms with van der Waals surface area (Å²) >= 11 is 1.36. The van der Waals surface area contributed by atoms with Gasteiger partial charge in [-0.15, -0.1) is 0 Å². The lowest BCUT2D eigenvalue weighted by Gasteiger charge is -2.33. The van der Waals surface area contributed by atoms with Crippen LogP contribution < -0.4 is 5.32 Å². The molecular formula is C39H49NO5SSi. The van der Waals surface area contributed by atoms with Crippen molar-refractivity contribution in [2.24, 2.45) is 17.8 Å². The van der Waals surface area contributed by atoms with E-state index < -0.39 is 26.9 Å². The highest BCUT2D eigenvalue weighted by Gasteiger charge is 2.41. The second-order valence-corrected chi connectivity index (χ2v) is 18.2. The molecule has 0 fully saturated rings. The monoisotopic (exact) mass is 671 g/mol. The van der Waals surface area contributed by atoms with Crippen molar-refractivity contribution in [3.63, 3.8) is 0 Å². The van der Waals surface area contributed by atoms with E-state index in [1.165, 1.54) is 34.0 Å². The Labute approximate surface area is 285 Å². The van der Waals surface area contributed by atoms with Crippen molar-refractivity contribution in [1.82, 2.24) is 5.32 Å². The molecule has 2 aliphatic rings. The lowest BCUT2D eigenvalue weighted by Crippen LogP contribution is -2.50. The van der Waals surface area contributed by atoms with Gasteiger partial charge in [0.15, 0.2) is 5.12 Å². The predicted molar refractivity (Wildman–Crippen MR) is 194 cm³/mol. The van der Waals surface area contributed by atoms with E-state index in [1.54, 1.807) is 0 Å². The molecule has 3 aromatic carbocycles. The van der Waals surface area contributed by atoms with Crippen molar-refractivity contribution >= 4 is 31.5 Å². The maximum absolute atomic E-state index is 13.7. The summed E-state index contributed by atoms with van der Waals surface area (Å²) in [4.78, 5) is 27.1. The van der Waals surface area contributed by atoms with Crippen LogP contribution in [0.3, 0.4) is 0 Å². The van der Waals surface area contributed by atoms with Crippen molar-refractivity contribution < 1.29 is 23.2 Å². The lowest BCUT2D eigenvalue weighted by molar-refractivity contribution is -0.117. The molecule has 1 aliphatic carbocycles. The van der Waals surface area contributed by atoms with Crippen LogP contribution >= 0.6 is 11.8 Å². The highest BCUT2D eigenvalue weighted by atomic mass is 32.2. The summed E-state index contributed by atoms with van der Waals surface area (Å²) in [6, 6.07) is 26.4. The quantitative estimate of drug-likeness (QED) is 0.153. The Bertz CT molecular complexity index is 1500. The summed E-state index contributed by atoms with van der Waals surface area (Å²) in [5.74, 6) is 0.951. The summed E-state index contributed by atoms with van der Waals surface area (Å²) in [6.07, 6.45) is 4.18. The van der Waals surface area contributed by atoms with Gasteiger partial charge < -0.3 is 18.9 Å². The zero-order chi connectivity index (χ0) is 33.6. The van der Waals surface area contributed by atoms with Gasteiger partial charge in [-0.3, -0.25) is 4.79 Å². The topological polar surface area (TPSA) is 73.9 Å². The highest BCUT2D eigenvalue weighted by Crippen LogP contribution is 2.44. The molecule has 0 bridgehead atoms. The minimum absolute atomic E-state index is 0.0126. The zero-order valence-corrected chi connectivity index (χ0v) is 30.3. The van der Waals surface area contributed by atoms with E-state index in [4.69, 9.17) is 13.6 Å². The minimum Gasteiger partial charge on any atom is -0.449 e. The van der Waals surface area contributed by atoms with Gasteiger partial charge in [-0.05, 0) is 65.6 Å². The maximum atomic E-state index is 13.7. The summed E-state index contributed by atoms with van der Waals surface area (Å²) in [7, 11) is -2.71. The van der Waals surface area contributed by atoms with Crippen LogP contribution in [0.1, 0.15) is 63.1 Å². The Kier molecular flexibility index (Phi) is 11.8. The molecule has 3 aromatic rings. The number of amides is 1. The fourth-order valence-electron chi connectivity index (χ4n) is 6.70. The van der Waals surface area contributed by atoms with E-state index in [9.17, 15) is 9.59 Å². The molecule has 4 atom stereocenters. The van der Waals surface area contributed by atoms with E-state index in [0.717, 1.165) is 12.0 Å². The molecule has 1 amide bonds. The van der Waals surface area contributed by atoms with Gasteiger partial charge in [-0.1, -0.05) is 130 Å². The van der Waals surface area contributed by atoms with Gasteiger partial charge in [0.1, 0.15) is 6.61 Å². The second kappa shape index (κ2) is 15.8. The number of alkyl carbamates (subject to hydrolysis) is 1. The highest BCUT2D eigenvalue weighted by molar-refractivity contribution is 8.13. The standard InChI is InChI=1S/C39H49NO5SSi/c1-26(2)22-33(38(41)46-25-28-14-8-7-9-15-28)36-20-21-37(45-47(5,6)44-36)35(23-27(3)4)40-39(42)43-24-34-31-18-12-10-16-29(31)30-17-11-13-19-32(30)34/h7-21,26-27,33-37H,22-25H2,1-6H3,(H,40,42)/t33?,35-,36+,37-/m0/s1. The van der Waals surface area contributed by atoms with Gasteiger partial charge in [0.2, 0.25) is 0 Å². The van der Waals surface area contributed by atoms with Gasteiger partial charge >= 0.3 is 14.7 Å². The average molecular weight is 672 g/mol. The Morgan fingerprint density at radius 1 is 0.787 bits per heavy atom. The summed E-state index contributed by atoms with van der Waals surface area (Å²) in [5, 5.41) is 3.29. The number of carbonyl (C=O) groups excluding carboxylic acids is 2. The van der Waals surface area contributed by atoms with Crippen molar-refractivity contribution in [1.29, 1.82) is 0 Å². The van der Waals surface area contributed by atoms with Crippen molar-refractivity contribution in [3.05, 3.63) is 108 Å². The molecule has 1 unspecified atom stereocenters. The largest absolute Gasteiger partial charge is 0.449 e. The number of benzene rings is 3. The van der Waals surface area contributed by atoms with Gasteiger partial charge in [-0.25, -0.2) is 4.79 Å². The number of carbonyl (C=O) groups is 2. The Morgan fingerprint density at radius 2 is 1.34 bits per heavy atom. The molecule has 0 saturated heterocycles. The molecule has 0 spiro atoms. The molecule has 0 saturated carbocycles. The third kappa shape index (κ3) is 9.25. The normalized spacial score (nSPS) is 19.9. The van der Waals surface area contributed by atoms with Gasteiger partial charge in [0, 0.05) is 11.7 Å². The molecule has 0 aromatic heterocycles. The lowest BCUT2D eigenvalue weighted by atomic mass is 9.92. The molecule has 1 N–H and O–H groups in total. The van der Waals surface area contributed by atoms with Gasteiger partial charge in [-0.2, -0.15) is 0 Å². The fraction of sp³-hybridized carbons (Fsp3) is 0.436. The SMILES string of the molecule is CC(C)CC(C(=O)SCc1ccccc1)[C@H]1C=C[C@@H]([C@H](CC(C)C)NC(=O)OCC2c3ccccc3-c3ccccc32)O[Si](C)(C)O1. The van der Waals surface area contributed by atoms with Crippen LogP contribution in [0.15, 0.2) is 91.0 Å². The van der Waals surface area contributed by atoms with E-state index in [2.05, 4.69) is 57.3 Å². The van der Waals surface area contributed by atoms with Crippen LogP contribution in [0.2, 0.25) is 13.1 Å². The predicted octanol–water partition coefficient (Wildman–Crippen LogP) is 9.10. The molecule has 0 radical (unpaired) electrons. The summed E-state index contributed by atoms with van der Waals surface area (Å²) in [5.41, 5.74) is 5.88. The van der Waals surface area contributed by atoms with Crippen molar-refractivity contribution in [3.8, 4) is 11.1 Å².